The minimum Gasteiger partial charge on any atom is -0.338 e. The normalized spacial score (nSPS) is 12.1. The van der Waals surface area contributed by atoms with Crippen molar-refractivity contribution in [3.63, 3.8) is 0 Å². The third-order valence-electron chi connectivity index (χ3n) is 3.28. The maximum atomic E-state index is 12.0. The number of carbonyl (C=O) groups excluding carboxylic acids is 1. The van der Waals surface area contributed by atoms with Crippen LogP contribution in [0.5, 0.6) is 0 Å². The molecule has 0 aliphatic carbocycles. The Bertz CT molecular complexity index is 509. The van der Waals surface area contributed by atoms with E-state index in [0.717, 1.165) is 13.0 Å². The molecular formula is C14H20N4OS. The summed E-state index contributed by atoms with van der Waals surface area (Å²) in [5.74, 6) is 0. The first-order chi connectivity index (χ1) is 9.68. The molecule has 0 aliphatic heterocycles. The van der Waals surface area contributed by atoms with E-state index in [1.807, 2.05) is 36.2 Å². The molecule has 0 spiro atoms. The summed E-state index contributed by atoms with van der Waals surface area (Å²) < 4.78 is 2.00. The number of nitrogens with one attached hydrogen (secondary N) is 1. The molecule has 2 aromatic heterocycles. The van der Waals surface area contributed by atoms with Gasteiger partial charge in [-0.2, -0.15) is 0 Å². The number of nitrogens with zero attached hydrogens (tertiary/aromatic N) is 3. The Morgan fingerprint density at radius 3 is 3.10 bits per heavy atom. The highest BCUT2D eigenvalue weighted by atomic mass is 32.1. The van der Waals surface area contributed by atoms with Crippen molar-refractivity contribution in [3.8, 4) is 0 Å². The minimum atomic E-state index is -0.0310. The van der Waals surface area contributed by atoms with E-state index >= 15 is 0 Å². The molecule has 0 radical (unpaired) electrons. The van der Waals surface area contributed by atoms with Gasteiger partial charge in [-0.25, -0.2) is 9.78 Å². The number of imidazole rings is 1. The Morgan fingerprint density at radius 1 is 1.60 bits per heavy atom. The lowest BCUT2D eigenvalue weighted by Gasteiger charge is -2.24. The third kappa shape index (κ3) is 3.84. The molecule has 5 nitrogen and oxygen atoms in total. The van der Waals surface area contributed by atoms with Crippen molar-refractivity contribution >= 4 is 17.4 Å². The van der Waals surface area contributed by atoms with Gasteiger partial charge >= 0.3 is 6.03 Å². The van der Waals surface area contributed by atoms with Crippen LogP contribution in [0.3, 0.4) is 0 Å². The number of thiophene rings is 1. The Labute approximate surface area is 123 Å². The second-order valence-electron chi connectivity index (χ2n) is 4.69. The fourth-order valence-corrected chi connectivity index (χ4v) is 2.72. The van der Waals surface area contributed by atoms with E-state index in [9.17, 15) is 4.79 Å². The fraction of sp³-hybridized carbons (Fsp3) is 0.429. The van der Waals surface area contributed by atoms with E-state index in [-0.39, 0.29) is 12.1 Å². The summed E-state index contributed by atoms with van der Waals surface area (Å²) in [6.45, 7) is 3.57. The van der Waals surface area contributed by atoms with Crippen LogP contribution in [0.4, 0.5) is 4.79 Å². The molecule has 0 fully saturated rings. The molecule has 2 aromatic rings. The Balaban J connectivity index is 1.71. The number of aromatic nitrogens is 2. The molecule has 0 bridgehead atoms. The maximum absolute atomic E-state index is 12.0. The number of aryl methyl sites for hydroxylation is 1. The van der Waals surface area contributed by atoms with Crippen molar-refractivity contribution in [2.75, 3.05) is 13.6 Å². The predicted octanol–water partition coefficient (Wildman–Crippen LogP) is 2.74. The molecule has 2 rings (SSSR count). The van der Waals surface area contributed by atoms with Crippen LogP contribution in [0.15, 0.2) is 36.2 Å². The second-order valence-corrected chi connectivity index (χ2v) is 5.67. The van der Waals surface area contributed by atoms with Crippen LogP contribution >= 0.6 is 11.3 Å². The zero-order valence-electron chi connectivity index (χ0n) is 11.8. The first kappa shape index (κ1) is 14.6. The smallest absolute Gasteiger partial charge is 0.317 e. The lowest BCUT2D eigenvalue weighted by molar-refractivity contribution is 0.195. The van der Waals surface area contributed by atoms with Gasteiger partial charge in [0.15, 0.2) is 0 Å². The molecule has 0 aliphatic rings. The summed E-state index contributed by atoms with van der Waals surface area (Å²) in [6, 6.07) is 4.13. The fourth-order valence-electron chi connectivity index (χ4n) is 1.90. The highest BCUT2D eigenvalue weighted by Crippen LogP contribution is 2.23. The van der Waals surface area contributed by atoms with Crippen LogP contribution < -0.4 is 5.32 Å². The summed E-state index contributed by atoms with van der Waals surface area (Å²) in [7, 11) is 1.83. The molecule has 2 amide bonds. The summed E-state index contributed by atoms with van der Waals surface area (Å²) >= 11 is 1.67. The van der Waals surface area contributed by atoms with Crippen LogP contribution in [0.1, 0.15) is 24.3 Å². The van der Waals surface area contributed by atoms with Gasteiger partial charge in [-0.1, -0.05) is 6.07 Å². The van der Waals surface area contributed by atoms with Crippen molar-refractivity contribution in [3.05, 3.63) is 41.1 Å². The van der Waals surface area contributed by atoms with Crippen molar-refractivity contribution in [2.45, 2.75) is 25.9 Å². The van der Waals surface area contributed by atoms with Gasteiger partial charge in [0.2, 0.25) is 0 Å². The summed E-state index contributed by atoms with van der Waals surface area (Å²) in [6.07, 6.45) is 6.36. The van der Waals surface area contributed by atoms with Crippen molar-refractivity contribution in [1.82, 2.24) is 19.8 Å². The Hall–Kier alpha value is -1.82. The maximum Gasteiger partial charge on any atom is 0.317 e. The van der Waals surface area contributed by atoms with E-state index in [2.05, 4.69) is 16.4 Å². The van der Waals surface area contributed by atoms with Gasteiger partial charge < -0.3 is 14.8 Å². The van der Waals surface area contributed by atoms with Crippen LogP contribution in [0, 0.1) is 0 Å². The molecular weight excluding hydrogens is 272 g/mol. The number of urea groups is 1. The van der Waals surface area contributed by atoms with Crippen molar-refractivity contribution in [1.29, 1.82) is 0 Å². The number of amides is 2. The van der Waals surface area contributed by atoms with Gasteiger partial charge in [-0.05, 0) is 24.8 Å². The largest absolute Gasteiger partial charge is 0.338 e. The topological polar surface area (TPSA) is 50.2 Å². The second kappa shape index (κ2) is 7.09. The molecule has 2 heterocycles. The van der Waals surface area contributed by atoms with Crippen LogP contribution in [0.25, 0.3) is 0 Å². The number of carbonyl (C=O) groups is 1. The zero-order chi connectivity index (χ0) is 14.4. The van der Waals surface area contributed by atoms with Gasteiger partial charge in [0.25, 0.3) is 0 Å². The van der Waals surface area contributed by atoms with Crippen molar-refractivity contribution < 1.29 is 4.79 Å². The van der Waals surface area contributed by atoms with E-state index in [4.69, 9.17) is 0 Å². The monoisotopic (exact) mass is 292 g/mol. The van der Waals surface area contributed by atoms with Gasteiger partial charge in [0.05, 0.1) is 12.4 Å². The zero-order valence-corrected chi connectivity index (χ0v) is 12.6. The Kier molecular flexibility index (Phi) is 5.17. The third-order valence-corrected chi connectivity index (χ3v) is 4.33. The SMILES string of the molecule is CC(c1cccs1)N(C)C(=O)NCCCn1ccnc1. The molecule has 6 heteroatoms. The van der Waals surface area contributed by atoms with Crippen LogP contribution in [-0.4, -0.2) is 34.1 Å². The van der Waals surface area contributed by atoms with Gasteiger partial charge in [-0.15, -0.1) is 11.3 Å². The highest BCUT2D eigenvalue weighted by molar-refractivity contribution is 7.10. The molecule has 0 aromatic carbocycles. The van der Waals surface area contributed by atoms with E-state index in [1.54, 1.807) is 28.8 Å². The van der Waals surface area contributed by atoms with Gasteiger partial charge in [0, 0.05) is 37.4 Å². The number of hydrogen-bond acceptors (Lipinski definition) is 3. The molecule has 1 N–H and O–H groups in total. The molecule has 108 valence electrons. The quantitative estimate of drug-likeness (QED) is 0.832. The molecule has 1 unspecified atom stereocenters. The lowest BCUT2D eigenvalue weighted by Crippen LogP contribution is -2.39. The average molecular weight is 292 g/mol. The van der Waals surface area contributed by atoms with Gasteiger partial charge in [-0.3, -0.25) is 0 Å². The standard InChI is InChI=1S/C14H20N4OS/c1-12(13-5-3-10-20-13)17(2)14(19)16-6-4-8-18-9-7-15-11-18/h3,5,7,9-12H,4,6,8H2,1-2H3,(H,16,19). The summed E-state index contributed by atoms with van der Waals surface area (Å²) in [5.41, 5.74) is 0. The Morgan fingerprint density at radius 2 is 2.45 bits per heavy atom. The summed E-state index contributed by atoms with van der Waals surface area (Å²) in [5, 5.41) is 4.98. The number of rotatable bonds is 6. The van der Waals surface area contributed by atoms with Crippen molar-refractivity contribution in [2.24, 2.45) is 0 Å². The summed E-state index contributed by atoms with van der Waals surface area (Å²) in [4.78, 5) is 19.0. The molecule has 0 saturated carbocycles. The highest BCUT2D eigenvalue weighted by Gasteiger charge is 2.17. The molecule has 0 saturated heterocycles. The lowest BCUT2D eigenvalue weighted by atomic mass is 10.2. The van der Waals surface area contributed by atoms with Crippen LogP contribution in [0.2, 0.25) is 0 Å². The number of hydrogen-bond donors (Lipinski definition) is 1. The van der Waals surface area contributed by atoms with Gasteiger partial charge in [0.1, 0.15) is 0 Å². The first-order valence-corrected chi connectivity index (χ1v) is 7.56. The van der Waals surface area contributed by atoms with E-state index in [0.29, 0.717) is 6.54 Å². The average Bonchev–Trinajstić information content (AvgIpc) is 3.14. The molecule has 20 heavy (non-hydrogen) atoms. The molecule has 1 atom stereocenters. The first-order valence-electron chi connectivity index (χ1n) is 6.68. The predicted molar refractivity (Wildman–Crippen MR) is 80.7 cm³/mol. The van der Waals surface area contributed by atoms with E-state index in [1.165, 1.54) is 4.88 Å². The van der Waals surface area contributed by atoms with E-state index < -0.39 is 0 Å². The minimum absolute atomic E-state index is 0.0310. The van der Waals surface area contributed by atoms with Crippen LogP contribution in [-0.2, 0) is 6.54 Å².